The number of hydrogen-bond acceptors (Lipinski definition) is 2. The summed E-state index contributed by atoms with van der Waals surface area (Å²) in [7, 11) is 0. The number of carbonyl (C=O) groups is 1. The summed E-state index contributed by atoms with van der Waals surface area (Å²) < 4.78 is 7.08. The maximum atomic E-state index is 12.4. The summed E-state index contributed by atoms with van der Waals surface area (Å²) in [6.07, 6.45) is 2.60. The Morgan fingerprint density at radius 2 is 2.00 bits per heavy atom. The monoisotopic (exact) mass is 342 g/mol. The van der Waals surface area contributed by atoms with Crippen LogP contribution < -0.4 is 4.74 Å². The molecule has 0 saturated carbocycles. The summed E-state index contributed by atoms with van der Waals surface area (Å²) >= 11 is 3.41. The molecule has 2 atom stereocenters. The molecule has 0 amide bonds. The van der Waals surface area contributed by atoms with Crippen molar-refractivity contribution in [3.63, 3.8) is 0 Å². The van der Waals surface area contributed by atoms with Crippen LogP contribution in [-0.2, 0) is 6.42 Å². The SMILES string of the molecule is O=C1CC(C2CCc3ccccc32)Oc2ccc(Br)cc21. The zero-order chi connectivity index (χ0) is 14.4. The number of Topliss-reactive ketones (excluding diaryl/α,β-unsaturated/α-hetero) is 1. The highest BCUT2D eigenvalue weighted by molar-refractivity contribution is 9.10. The van der Waals surface area contributed by atoms with Crippen LogP contribution in [0.5, 0.6) is 5.75 Å². The van der Waals surface area contributed by atoms with Crippen molar-refractivity contribution in [3.8, 4) is 5.75 Å². The highest BCUT2D eigenvalue weighted by Crippen LogP contribution is 2.41. The van der Waals surface area contributed by atoms with Gasteiger partial charge in [-0.1, -0.05) is 40.2 Å². The number of rotatable bonds is 1. The smallest absolute Gasteiger partial charge is 0.170 e. The van der Waals surface area contributed by atoms with Crippen molar-refractivity contribution in [3.05, 3.63) is 63.6 Å². The average molecular weight is 343 g/mol. The van der Waals surface area contributed by atoms with Crippen LogP contribution in [-0.4, -0.2) is 11.9 Å². The Hall–Kier alpha value is -1.61. The summed E-state index contributed by atoms with van der Waals surface area (Å²) in [6.45, 7) is 0. The number of carbonyl (C=O) groups excluding carboxylic acids is 1. The molecule has 0 spiro atoms. The normalized spacial score (nSPS) is 23.4. The predicted molar refractivity (Wildman–Crippen MR) is 85.0 cm³/mol. The summed E-state index contributed by atoms with van der Waals surface area (Å²) in [5, 5.41) is 0. The van der Waals surface area contributed by atoms with Crippen LogP contribution in [0.25, 0.3) is 0 Å². The largest absolute Gasteiger partial charge is 0.489 e. The van der Waals surface area contributed by atoms with Gasteiger partial charge in [-0.2, -0.15) is 0 Å². The third kappa shape index (κ3) is 2.20. The van der Waals surface area contributed by atoms with E-state index in [1.165, 1.54) is 11.1 Å². The molecular weight excluding hydrogens is 328 g/mol. The van der Waals surface area contributed by atoms with Crippen LogP contribution in [0.3, 0.4) is 0 Å². The average Bonchev–Trinajstić information content (AvgIpc) is 2.92. The third-order valence-corrected chi connectivity index (χ3v) is 5.03. The first-order valence-corrected chi connectivity index (χ1v) is 8.09. The molecule has 2 aromatic rings. The molecule has 0 radical (unpaired) electrons. The van der Waals surface area contributed by atoms with Gasteiger partial charge in [-0.05, 0) is 42.2 Å². The molecule has 0 bridgehead atoms. The highest BCUT2D eigenvalue weighted by atomic mass is 79.9. The van der Waals surface area contributed by atoms with E-state index in [9.17, 15) is 4.79 Å². The van der Waals surface area contributed by atoms with E-state index < -0.39 is 0 Å². The lowest BCUT2D eigenvalue weighted by atomic mass is 9.88. The fraction of sp³-hybridized carbons (Fsp3) is 0.278. The van der Waals surface area contributed by atoms with Crippen molar-refractivity contribution in [2.45, 2.75) is 31.3 Å². The van der Waals surface area contributed by atoms with Gasteiger partial charge in [-0.15, -0.1) is 0 Å². The summed E-state index contributed by atoms with van der Waals surface area (Å²) in [6, 6.07) is 14.2. The van der Waals surface area contributed by atoms with Crippen molar-refractivity contribution in [2.24, 2.45) is 0 Å². The first-order chi connectivity index (χ1) is 10.2. The van der Waals surface area contributed by atoms with Gasteiger partial charge in [0.15, 0.2) is 5.78 Å². The minimum atomic E-state index is -0.0326. The van der Waals surface area contributed by atoms with Gasteiger partial charge in [0.25, 0.3) is 0 Å². The molecule has 1 aliphatic carbocycles. The molecule has 0 N–H and O–H groups in total. The molecule has 2 aliphatic rings. The second kappa shape index (κ2) is 4.99. The van der Waals surface area contributed by atoms with Crippen LogP contribution in [0.15, 0.2) is 46.9 Å². The van der Waals surface area contributed by atoms with Gasteiger partial charge in [0.2, 0.25) is 0 Å². The predicted octanol–water partition coefficient (Wildman–Crippen LogP) is 4.51. The Bertz CT molecular complexity index is 723. The molecule has 0 aromatic heterocycles. The number of hydrogen-bond donors (Lipinski definition) is 0. The van der Waals surface area contributed by atoms with E-state index in [1.54, 1.807) is 0 Å². The van der Waals surface area contributed by atoms with Gasteiger partial charge < -0.3 is 4.74 Å². The Morgan fingerprint density at radius 3 is 2.90 bits per heavy atom. The maximum Gasteiger partial charge on any atom is 0.170 e. The number of aryl methyl sites for hydroxylation is 1. The minimum absolute atomic E-state index is 0.0326. The zero-order valence-electron chi connectivity index (χ0n) is 11.5. The number of ether oxygens (including phenoxy) is 1. The topological polar surface area (TPSA) is 26.3 Å². The Morgan fingerprint density at radius 1 is 1.14 bits per heavy atom. The molecule has 2 aromatic carbocycles. The quantitative estimate of drug-likeness (QED) is 0.761. The number of ketones is 1. The van der Waals surface area contributed by atoms with Gasteiger partial charge >= 0.3 is 0 Å². The van der Waals surface area contributed by atoms with Crippen molar-refractivity contribution in [2.75, 3.05) is 0 Å². The lowest BCUT2D eigenvalue weighted by Crippen LogP contribution is -2.31. The van der Waals surface area contributed by atoms with E-state index in [1.807, 2.05) is 18.2 Å². The molecular formula is C18H15BrO2. The van der Waals surface area contributed by atoms with Gasteiger partial charge in [0.1, 0.15) is 11.9 Å². The molecule has 0 fully saturated rings. The van der Waals surface area contributed by atoms with Crippen LogP contribution >= 0.6 is 15.9 Å². The molecule has 21 heavy (non-hydrogen) atoms. The fourth-order valence-electron chi connectivity index (χ4n) is 3.52. The van der Waals surface area contributed by atoms with Crippen molar-refractivity contribution >= 4 is 21.7 Å². The second-order valence-electron chi connectivity index (χ2n) is 5.77. The van der Waals surface area contributed by atoms with E-state index in [-0.39, 0.29) is 11.9 Å². The standard InChI is InChI=1S/C18H15BrO2/c19-12-6-8-17-15(9-12)16(20)10-18(21-17)14-7-5-11-3-1-2-4-13(11)14/h1-4,6,8-9,14,18H,5,7,10H2. The highest BCUT2D eigenvalue weighted by Gasteiger charge is 2.36. The third-order valence-electron chi connectivity index (χ3n) is 4.53. The van der Waals surface area contributed by atoms with Crippen LogP contribution in [0.1, 0.15) is 40.2 Å². The Labute approximate surface area is 132 Å². The molecule has 3 heteroatoms. The lowest BCUT2D eigenvalue weighted by molar-refractivity contribution is 0.0807. The first-order valence-electron chi connectivity index (χ1n) is 7.29. The molecule has 1 aliphatic heterocycles. The molecule has 1 heterocycles. The zero-order valence-corrected chi connectivity index (χ0v) is 13.1. The van der Waals surface area contributed by atoms with Gasteiger partial charge in [0.05, 0.1) is 5.56 Å². The molecule has 2 unspecified atom stereocenters. The van der Waals surface area contributed by atoms with E-state index in [2.05, 4.69) is 40.2 Å². The number of halogens is 1. The second-order valence-corrected chi connectivity index (χ2v) is 6.68. The maximum absolute atomic E-state index is 12.4. The molecule has 2 nitrogen and oxygen atoms in total. The van der Waals surface area contributed by atoms with Gasteiger partial charge in [-0.25, -0.2) is 0 Å². The number of benzene rings is 2. The lowest BCUT2D eigenvalue weighted by Gasteiger charge is -2.30. The van der Waals surface area contributed by atoms with E-state index >= 15 is 0 Å². The van der Waals surface area contributed by atoms with Crippen molar-refractivity contribution in [1.82, 2.24) is 0 Å². The van der Waals surface area contributed by atoms with Crippen molar-refractivity contribution < 1.29 is 9.53 Å². The van der Waals surface area contributed by atoms with Gasteiger partial charge in [0, 0.05) is 16.8 Å². The van der Waals surface area contributed by atoms with E-state index in [0.29, 0.717) is 17.9 Å². The minimum Gasteiger partial charge on any atom is -0.489 e. The molecule has 4 rings (SSSR count). The summed E-state index contributed by atoms with van der Waals surface area (Å²) in [5.41, 5.74) is 3.46. The van der Waals surface area contributed by atoms with Crippen molar-refractivity contribution in [1.29, 1.82) is 0 Å². The number of fused-ring (bicyclic) bond motifs is 2. The summed E-state index contributed by atoms with van der Waals surface area (Å²) in [4.78, 5) is 12.4. The van der Waals surface area contributed by atoms with E-state index in [0.717, 1.165) is 23.1 Å². The molecule has 106 valence electrons. The first kappa shape index (κ1) is 13.1. The Balaban J connectivity index is 1.67. The van der Waals surface area contributed by atoms with Crippen LogP contribution in [0.2, 0.25) is 0 Å². The van der Waals surface area contributed by atoms with E-state index in [4.69, 9.17) is 4.74 Å². The van der Waals surface area contributed by atoms with Crippen LogP contribution in [0, 0.1) is 0 Å². The molecule has 0 saturated heterocycles. The fourth-order valence-corrected chi connectivity index (χ4v) is 3.88. The van der Waals surface area contributed by atoms with Gasteiger partial charge in [-0.3, -0.25) is 4.79 Å². The van der Waals surface area contributed by atoms with Crippen LogP contribution in [0.4, 0.5) is 0 Å². The Kier molecular flexibility index (Phi) is 3.11. The summed E-state index contributed by atoms with van der Waals surface area (Å²) in [5.74, 6) is 1.25.